The minimum Gasteiger partial charge on any atom is -0.411 e. The van der Waals surface area contributed by atoms with E-state index < -0.39 is 15.4 Å². The second-order valence-electron chi connectivity index (χ2n) is 5.29. The van der Waals surface area contributed by atoms with Gasteiger partial charge in [0.15, 0.2) is 0 Å². The molecule has 2 atom stereocenters. The van der Waals surface area contributed by atoms with Gasteiger partial charge in [-0.3, -0.25) is 0 Å². The van der Waals surface area contributed by atoms with Crippen LogP contribution in [0.25, 0.3) is 0 Å². The molecular weight excluding hydrogens is 399 g/mol. The first kappa shape index (κ1) is 15.6. The summed E-state index contributed by atoms with van der Waals surface area (Å²) >= 11 is 0. The van der Waals surface area contributed by atoms with Gasteiger partial charge >= 0.3 is 0 Å². The normalized spacial score (nSPS) is 38.9. The standard InChI is InChI=1S/C11H22OSi2.Pt/c1-7-13(5)10-9-11(3,4)12-14(13,6)8-2;/h7-8H,1-2,9-10H2,3-6H3;. The van der Waals surface area contributed by atoms with E-state index in [2.05, 4.69) is 51.5 Å². The first-order valence-corrected chi connectivity index (χ1v) is 11.5. The van der Waals surface area contributed by atoms with Gasteiger partial charge in [0.25, 0.3) is 0 Å². The summed E-state index contributed by atoms with van der Waals surface area (Å²) < 4.78 is 6.33. The first-order valence-electron chi connectivity index (χ1n) is 5.26. The maximum atomic E-state index is 6.33. The predicted molar refractivity (Wildman–Crippen MR) is 68.2 cm³/mol. The van der Waals surface area contributed by atoms with E-state index in [1.54, 1.807) is 0 Å². The molecule has 2 unspecified atom stereocenters. The molecule has 1 fully saturated rings. The van der Waals surface area contributed by atoms with Crippen LogP contribution in [0.2, 0.25) is 19.1 Å². The Hall–Kier alpha value is 0.562. The van der Waals surface area contributed by atoms with E-state index in [0.717, 1.165) is 6.42 Å². The average molecular weight is 422 g/mol. The van der Waals surface area contributed by atoms with Crippen molar-refractivity contribution in [3.8, 4) is 0 Å². The van der Waals surface area contributed by atoms with Crippen molar-refractivity contribution < 1.29 is 25.5 Å². The molecule has 0 bridgehead atoms. The van der Waals surface area contributed by atoms with Crippen molar-refractivity contribution in [2.45, 2.75) is 45.0 Å². The molecule has 4 heteroatoms. The topological polar surface area (TPSA) is 9.23 Å². The smallest absolute Gasteiger partial charge is 0.204 e. The van der Waals surface area contributed by atoms with Crippen molar-refractivity contribution in [3.05, 3.63) is 24.6 Å². The van der Waals surface area contributed by atoms with Gasteiger partial charge in [0, 0.05) is 21.1 Å². The Morgan fingerprint density at radius 2 is 1.73 bits per heavy atom. The minimum absolute atomic E-state index is 0. The van der Waals surface area contributed by atoms with Crippen molar-refractivity contribution in [1.29, 1.82) is 0 Å². The van der Waals surface area contributed by atoms with Crippen molar-refractivity contribution in [2.75, 3.05) is 0 Å². The molecule has 1 rings (SSSR count). The molecule has 15 heavy (non-hydrogen) atoms. The second kappa shape index (κ2) is 4.82. The second-order valence-corrected chi connectivity index (χ2v) is 18.3. The molecule has 1 nitrogen and oxygen atoms in total. The van der Waals surface area contributed by atoms with Gasteiger partial charge < -0.3 is 4.43 Å². The summed E-state index contributed by atoms with van der Waals surface area (Å²) in [6, 6.07) is 1.30. The van der Waals surface area contributed by atoms with Crippen molar-refractivity contribution in [2.24, 2.45) is 0 Å². The third kappa shape index (κ3) is 2.82. The van der Waals surface area contributed by atoms with Gasteiger partial charge in [0.05, 0.1) is 5.60 Å². The van der Waals surface area contributed by atoms with Gasteiger partial charge in [-0.2, -0.15) is 0 Å². The van der Waals surface area contributed by atoms with E-state index in [0.29, 0.717) is 0 Å². The van der Waals surface area contributed by atoms with Crippen LogP contribution in [-0.4, -0.2) is 21.0 Å². The van der Waals surface area contributed by atoms with Gasteiger partial charge in [-0.05, 0) is 26.8 Å². The molecule has 0 radical (unpaired) electrons. The molecule has 0 amide bonds. The molecule has 1 aliphatic heterocycles. The molecule has 1 saturated heterocycles. The minimum atomic E-state index is -1.71. The van der Waals surface area contributed by atoms with E-state index in [4.69, 9.17) is 4.43 Å². The SMILES string of the molecule is C=C[Si]1(C)CCC(C)(C)O[Si]1(C)C=C.[Pt]. The van der Waals surface area contributed by atoms with Crippen LogP contribution in [0.4, 0.5) is 0 Å². The zero-order valence-corrected chi connectivity index (χ0v) is 14.5. The molecule has 1 aliphatic rings. The van der Waals surface area contributed by atoms with E-state index >= 15 is 0 Å². The van der Waals surface area contributed by atoms with Crippen LogP contribution in [0.3, 0.4) is 0 Å². The van der Waals surface area contributed by atoms with E-state index in [-0.39, 0.29) is 26.7 Å². The van der Waals surface area contributed by atoms with Crippen molar-refractivity contribution in [3.63, 3.8) is 0 Å². The fraction of sp³-hybridized carbons (Fsp3) is 0.636. The molecule has 90 valence electrons. The summed E-state index contributed by atoms with van der Waals surface area (Å²) in [5, 5.41) is 0. The molecule has 0 N–H and O–H groups in total. The van der Waals surface area contributed by atoms with Crippen LogP contribution in [-0.2, 0) is 25.5 Å². The average Bonchev–Trinajstić information content (AvgIpc) is 2.12. The Morgan fingerprint density at radius 1 is 1.20 bits per heavy atom. The first-order chi connectivity index (χ1) is 6.29. The molecule has 0 aliphatic carbocycles. The largest absolute Gasteiger partial charge is 0.411 e. The predicted octanol–water partition coefficient (Wildman–Crippen LogP) is 3.37. The molecule has 0 saturated carbocycles. The number of rotatable bonds is 2. The van der Waals surface area contributed by atoms with E-state index in [1.807, 2.05) is 0 Å². The number of hydrogen-bond donors (Lipinski definition) is 0. The summed E-state index contributed by atoms with van der Waals surface area (Å²) in [4.78, 5) is 0. The van der Waals surface area contributed by atoms with Crippen LogP contribution in [0, 0.1) is 0 Å². The maximum absolute atomic E-state index is 6.33. The maximum Gasteiger partial charge on any atom is 0.204 e. The van der Waals surface area contributed by atoms with Gasteiger partial charge in [-0.25, -0.2) is 0 Å². The number of hydrogen-bond acceptors (Lipinski definition) is 1. The van der Waals surface area contributed by atoms with Crippen LogP contribution >= 0.6 is 0 Å². The van der Waals surface area contributed by atoms with Crippen molar-refractivity contribution in [1.82, 2.24) is 0 Å². The molecule has 0 aromatic carbocycles. The van der Waals surface area contributed by atoms with Crippen LogP contribution in [0.15, 0.2) is 24.6 Å². The summed E-state index contributed by atoms with van der Waals surface area (Å²) in [6.45, 7) is 17.1. The Kier molecular flexibility index (Phi) is 5.01. The van der Waals surface area contributed by atoms with Crippen molar-refractivity contribution >= 4 is 15.4 Å². The summed E-state index contributed by atoms with van der Waals surface area (Å²) in [6.07, 6.45) is 1.16. The third-order valence-corrected chi connectivity index (χ3v) is 19.0. The van der Waals surface area contributed by atoms with Crippen LogP contribution < -0.4 is 0 Å². The van der Waals surface area contributed by atoms with Crippen LogP contribution in [0.5, 0.6) is 0 Å². The van der Waals surface area contributed by atoms with E-state index in [1.165, 1.54) is 6.04 Å². The monoisotopic (exact) mass is 421 g/mol. The Morgan fingerprint density at radius 3 is 2.13 bits per heavy atom. The summed E-state index contributed by atoms with van der Waals surface area (Å²) in [7, 11) is -3.11. The zero-order chi connectivity index (χ0) is 11.0. The Bertz CT molecular complexity index is 267. The van der Waals surface area contributed by atoms with Gasteiger partial charge in [0.2, 0.25) is 7.83 Å². The molecule has 0 aromatic rings. The summed E-state index contributed by atoms with van der Waals surface area (Å²) in [5.41, 5.74) is 4.36. The molecular formula is C11H22OPtSi2. The molecule has 0 aromatic heterocycles. The van der Waals surface area contributed by atoms with E-state index in [9.17, 15) is 0 Å². The fourth-order valence-corrected chi connectivity index (χ4v) is 12.4. The van der Waals surface area contributed by atoms with Gasteiger partial charge in [-0.15, -0.1) is 18.9 Å². The quantitative estimate of drug-likeness (QED) is 0.622. The van der Waals surface area contributed by atoms with Gasteiger partial charge in [0.1, 0.15) is 7.59 Å². The van der Waals surface area contributed by atoms with Crippen LogP contribution in [0.1, 0.15) is 20.3 Å². The zero-order valence-electron chi connectivity index (χ0n) is 10.2. The van der Waals surface area contributed by atoms with Gasteiger partial charge in [-0.1, -0.05) is 18.3 Å². The molecule has 1 heterocycles. The Labute approximate surface area is 110 Å². The fourth-order valence-electron chi connectivity index (χ4n) is 2.13. The molecule has 0 spiro atoms. The Balaban J connectivity index is 0.00000196. The summed E-state index contributed by atoms with van der Waals surface area (Å²) in [5.74, 6) is 0. The third-order valence-electron chi connectivity index (χ3n) is 3.71.